The molecule has 0 spiro atoms. The summed E-state index contributed by atoms with van der Waals surface area (Å²) in [7, 11) is 1.70. The molecule has 0 unspecified atom stereocenters. The number of carbonyl (C=O) groups excluding carboxylic acids is 1. The molecule has 1 aromatic rings. The zero-order valence-electron chi connectivity index (χ0n) is 12.5. The Kier molecular flexibility index (Phi) is 5.45. The number of methoxy groups -OCH3 is 1. The molecule has 1 aromatic carbocycles. The normalized spacial score (nSPS) is 22.3. The van der Waals surface area contributed by atoms with E-state index in [0.29, 0.717) is 18.4 Å². The van der Waals surface area contributed by atoms with Crippen molar-refractivity contribution in [2.45, 2.75) is 57.4 Å². The maximum atomic E-state index is 11.7. The zero-order chi connectivity index (χ0) is 14.4. The lowest BCUT2D eigenvalue weighted by Gasteiger charge is -2.30. The number of hydrogen-bond donors (Lipinski definition) is 1. The Labute approximate surface area is 121 Å². The van der Waals surface area contributed by atoms with Crippen molar-refractivity contribution >= 4 is 5.91 Å². The van der Waals surface area contributed by atoms with Crippen molar-refractivity contribution in [2.24, 2.45) is 0 Å². The van der Waals surface area contributed by atoms with Crippen molar-refractivity contribution in [1.82, 2.24) is 5.32 Å². The van der Waals surface area contributed by atoms with E-state index in [1.165, 1.54) is 18.4 Å². The monoisotopic (exact) mass is 275 g/mol. The number of rotatable bonds is 5. The minimum atomic E-state index is 0.198. The number of ether oxygens (including phenoxy) is 1. The van der Waals surface area contributed by atoms with Gasteiger partial charge in [0.15, 0.2) is 0 Å². The van der Waals surface area contributed by atoms with Gasteiger partial charge in [0.2, 0.25) is 5.91 Å². The van der Waals surface area contributed by atoms with Crippen LogP contribution in [0.5, 0.6) is 5.75 Å². The van der Waals surface area contributed by atoms with Gasteiger partial charge in [-0.2, -0.15) is 0 Å². The van der Waals surface area contributed by atoms with Gasteiger partial charge in [-0.15, -0.1) is 0 Å². The fourth-order valence-electron chi connectivity index (χ4n) is 3.05. The van der Waals surface area contributed by atoms with Crippen LogP contribution in [0.2, 0.25) is 0 Å². The summed E-state index contributed by atoms with van der Waals surface area (Å²) in [6, 6.07) is 8.66. The highest BCUT2D eigenvalue weighted by atomic mass is 16.5. The van der Waals surface area contributed by atoms with E-state index in [-0.39, 0.29) is 5.91 Å². The second-order valence-electron chi connectivity index (χ2n) is 5.65. The van der Waals surface area contributed by atoms with Crippen LogP contribution >= 0.6 is 0 Å². The van der Waals surface area contributed by atoms with Crippen LogP contribution in [0.3, 0.4) is 0 Å². The highest BCUT2D eigenvalue weighted by Crippen LogP contribution is 2.34. The minimum absolute atomic E-state index is 0.198. The quantitative estimate of drug-likeness (QED) is 0.891. The predicted octanol–water partition coefficient (Wildman–Crippen LogP) is 3.64. The molecular formula is C17H25NO2. The maximum absolute atomic E-state index is 11.7. The Bertz CT molecular complexity index is 444. The summed E-state index contributed by atoms with van der Waals surface area (Å²) in [5.74, 6) is 1.65. The SMILES string of the molecule is CCCC(=O)N[C@@H]1CCC[C@H](c2cccc(OC)c2)C1. The Morgan fingerprint density at radius 3 is 3.00 bits per heavy atom. The van der Waals surface area contributed by atoms with E-state index in [1.54, 1.807) is 7.11 Å². The first-order valence-electron chi connectivity index (χ1n) is 7.66. The third-order valence-electron chi connectivity index (χ3n) is 4.08. The molecule has 0 aromatic heterocycles. The topological polar surface area (TPSA) is 38.3 Å². The summed E-state index contributed by atoms with van der Waals surface area (Å²) in [6.07, 6.45) is 6.09. The summed E-state index contributed by atoms with van der Waals surface area (Å²) >= 11 is 0. The molecule has 2 rings (SSSR count). The molecular weight excluding hydrogens is 250 g/mol. The number of carbonyl (C=O) groups is 1. The first-order valence-corrected chi connectivity index (χ1v) is 7.66. The fourth-order valence-corrected chi connectivity index (χ4v) is 3.05. The van der Waals surface area contributed by atoms with E-state index in [2.05, 4.69) is 17.4 Å². The van der Waals surface area contributed by atoms with Crippen LogP contribution in [-0.4, -0.2) is 19.1 Å². The van der Waals surface area contributed by atoms with Gasteiger partial charge in [-0.05, 0) is 49.3 Å². The van der Waals surface area contributed by atoms with Gasteiger partial charge in [0.1, 0.15) is 5.75 Å². The molecule has 1 fully saturated rings. The van der Waals surface area contributed by atoms with Crippen molar-refractivity contribution in [3.8, 4) is 5.75 Å². The summed E-state index contributed by atoms with van der Waals surface area (Å²) in [5.41, 5.74) is 1.33. The molecule has 1 aliphatic carbocycles. The average molecular weight is 275 g/mol. The predicted molar refractivity (Wildman–Crippen MR) is 81.0 cm³/mol. The summed E-state index contributed by atoms with van der Waals surface area (Å²) in [4.78, 5) is 11.7. The second-order valence-corrected chi connectivity index (χ2v) is 5.65. The molecule has 20 heavy (non-hydrogen) atoms. The molecule has 0 aliphatic heterocycles. The van der Waals surface area contributed by atoms with Gasteiger partial charge in [0, 0.05) is 12.5 Å². The van der Waals surface area contributed by atoms with E-state index in [4.69, 9.17) is 4.74 Å². The lowest BCUT2D eigenvalue weighted by atomic mass is 9.81. The first kappa shape index (κ1) is 14.9. The number of benzene rings is 1. The summed E-state index contributed by atoms with van der Waals surface area (Å²) in [6.45, 7) is 2.04. The molecule has 1 amide bonds. The molecule has 3 heteroatoms. The van der Waals surface area contributed by atoms with E-state index < -0.39 is 0 Å². The lowest BCUT2D eigenvalue weighted by Crippen LogP contribution is -2.37. The van der Waals surface area contributed by atoms with Crippen LogP contribution in [0.4, 0.5) is 0 Å². The van der Waals surface area contributed by atoms with Crippen LogP contribution in [0.25, 0.3) is 0 Å². The van der Waals surface area contributed by atoms with Gasteiger partial charge >= 0.3 is 0 Å². The highest BCUT2D eigenvalue weighted by molar-refractivity contribution is 5.76. The van der Waals surface area contributed by atoms with E-state index in [1.807, 2.05) is 19.1 Å². The van der Waals surface area contributed by atoms with E-state index in [9.17, 15) is 4.79 Å². The molecule has 1 saturated carbocycles. The van der Waals surface area contributed by atoms with Gasteiger partial charge in [-0.25, -0.2) is 0 Å². The van der Waals surface area contributed by atoms with Crippen molar-refractivity contribution in [3.05, 3.63) is 29.8 Å². The smallest absolute Gasteiger partial charge is 0.220 e. The standard InChI is InChI=1S/C17H25NO2/c1-3-6-17(19)18-15-9-4-7-13(11-15)14-8-5-10-16(12-14)20-2/h5,8,10,12-13,15H,3-4,6-7,9,11H2,1-2H3,(H,18,19)/t13-,15+/m0/s1. The minimum Gasteiger partial charge on any atom is -0.497 e. The number of hydrogen-bond acceptors (Lipinski definition) is 2. The Balaban J connectivity index is 1.97. The van der Waals surface area contributed by atoms with Crippen LogP contribution in [-0.2, 0) is 4.79 Å². The molecule has 3 nitrogen and oxygen atoms in total. The van der Waals surface area contributed by atoms with Crippen molar-refractivity contribution in [1.29, 1.82) is 0 Å². The second kappa shape index (κ2) is 7.32. The van der Waals surface area contributed by atoms with Gasteiger partial charge in [0.05, 0.1) is 7.11 Å². The molecule has 0 radical (unpaired) electrons. The first-order chi connectivity index (χ1) is 9.72. The number of nitrogens with one attached hydrogen (secondary N) is 1. The third-order valence-corrected chi connectivity index (χ3v) is 4.08. The fraction of sp³-hybridized carbons (Fsp3) is 0.588. The summed E-state index contributed by atoms with van der Waals surface area (Å²) < 4.78 is 5.30. The van der Waals surface area contributed by atoms with Crippen LogP contribution in [0.1, 0.15) is 56.9 Å². The van der Waals surface area contributed by atoms with E-state index >= 15 is 0 Å². The molecule has 2 atom stereocenters. The van der Waals surface area contributed by atoms with Crippen molar-refractivity contribution < 1.29 is 9.53 Å². The highest BCUT2D eigenvalue weighted by Gasteiger charge is 2.24. The molecule has 1 aliphatic rings. The molecule has 0 bridgehead atoms. The van der Waals surface area contributed by atoms with Crippen molar-refractivity contribution in [3.63, 3.8) is 0 Å². The van der Waals surface area contributed by atoms with Gasteiger partial charge in [-0.3, -0.25) is 4.79 Å². The van der Waals surface area contributed by atoms with Gasteiger partial charge in [-0.1, -0.05) is 25.5 Å². The third kappa shape index (κ3) is 3.99. The average Bonchev–Trinajstić information content (AvgIpc) is 2.48. The Hall–Kier alpha value is -1.51. The maximum Gasteiger partial charge on any atom is 0.220 e. The zero-order valence-corrected chi connectivity index (χ0v) is 12.5. The Morgan fingerprint density at radius 2 is 2.25 bits per heavy atom. The van der Waals surface area contributed by atoms with Crippen LogP contribution in [0, 0.1) is 0 Å². The molecule has 110 valence electrons. The van der Waals surface area contributed by atoms with Gasteiger partial charge < -0.3 is 10.1 Å². The van der Waals surface area contributed by atoms with Gasteiger partial charge in [0.25, 0.3) is 0 Å². The van der Waals surface area contributed by atoms with E-state index in [0.717, 1.165) is 25.0 Å². The van der Waals surface area contributed by atoms with Crippen LogP contribution in [0.15, 0.2) is 24.3 Å². The summed E-state index contributed by atoms with van der Waals surface area (Å²) in [5, 5.41) is 3.18. The number of amides is 1. The Morgan fingerprint density at radius 1 is 1.40 bits per heavy atom. The molecule has 0 saturated heterocycles. The lowest BCUT2D eigenvalue weighted by molar-refractivity contribution is -0.122. The molecule has 1 N–H and O–H groups in total. The largest absolute Gasteiger partial charge is 0.497 e. The molecule has 0 heterocycles. The van der Waals surface area contributed by atoms with Crippen molar-refractivity contribution in [2.75, 3.05) is 7.11 Å². The van der Waals surface area contributed by atoms with Crippen LogP contribution < -0.4 is 10.1 Å².